The van der Waals surface area contributed by atoms with Crippen LogP contribution in [0.1, 0.15) is 10.4 Å². The van der Waals surface area contributed by atoms with Crippen molar-refractivity contribution < 1.29 is 33.3 Å². The predicted octanol–water partition coefficient (Wildman–Crippen LogP) is 0.567. The van der Waals surface area contributed by atoms with Gasteiger partial charge in [-0.2, -0.15) is 0 Å². The summed E-state index contributed by atoms with van der Waals surface area (Å²) in [5, 5.41) is 28.2. The number of carbonyl (C=O) groups is 1. The Bertz CT molecular complexity index is 467. The highest BCUT2D eigenvalue weighted by molar-refractivity contribution is 5.89. The Balaban J connectivity index is 3.10. The van der Waals surface area contributed by atoms with Gasteiger partial charge in [0, 0.05) is 12.6 Å². The summed E-state index contributed by atoms with van der Waals surface area (Å²) >= 11 is 0. The standard InChI is InChI=1S/C10H10F3NO4/c11-5-1-6(14-2-4(16)3-15)9(13)7(8(5)12)10(17)18/h1,4,14-16H,2-3H2,(H,17,18). The monoisotopic (exact) mass is 265 g/mol. The quantitative estimate of drug-likeness (QED) is 0.584. The van der Waals surface area contributed by atoms with Crippen molar-refractivity contribution in [2.45, 2.75) is 6.10 Å². The lowest BCUT2D eigenvalue weighted by Gasteiger charge is -2.12. The Morgan fingerprint density at radius 3 is 2.44 bits per heavy atom. The van der Waals surface area contributed by atoms with Gasteiger partial charge in [0.05, 0.1) is 18.4 Å². The molecule has 0 aromatic heterocycles. The number of aliphatic hydroxyl groups excluding tert-OH is 2. The van der Waals surface area contributed by atoms with Crippen LogP contribution in [0.4, 0.5) is 18.9 Å². The third-order valence-corrected chi connectivity index (χ3v) is 2.11. The molecule has 0 heterocycles. The summed E-state index contributed by atoms with van der Waals surface area (Å²) in [4.78, 5) is 10.6. The number of aliphatic hydroxyl groups is 2. The number of carboxylic acid groups (broad SMARTS) is 1. The van der Waals surface area contributed by atoms with Crippen LogP contribution in [0.3, 0.4) is 0 Å². The molecule has 18 heavy (non-hydrogen) atoms. The first-order chi connectivity index (χ1) is 8.38. The van der Waals surface area contributed by atoms with Gasteiger partial charge in [-0.05, 0) is 0 Å². The van der Waals surface area contributed by atoms with E-state index in [2.05, 4.69) is 5.32 Å². The molecule has 0 saturated heterocycles. The van der Waals surface area contributed by atoms with Gasteiger partial charge in [-0.25, -0.2) is 18.0 Å². The Labute approximate surface area is 99.5 Å². The molecule has 0 radical (unpaired) electrons. The van der Waals surface area contributed by atoms with Crippen LogP contribution in [0.2, 0.25) is 0 Å². The number of carboxylic acids is 1. The molecule has 8 heteroatoms. The second-order valence-corrected chi connectivity index (χ2v) is 3.43. The smallest absolute Gasteiger partial charge is 0.341 e. The van der Waals surface area contributed by atoms with Gasteiger partial charge in [-0.1, -0.05) is 0 Å². The van der Waals surface area contributed by atoms with Crippen molar-refractivity contribution in [2.24, 2.45) is 0 Å². The lowest BCUT2D eigenvalue weighted by atomic mass is 10.1. The van der Waals surface area contributed by atoms with E-state index in [0.717, 1.165) is 0 Å². The molecule has 0 aliphatic carbocycles. The minimum absolute atomic E-state index is 0.350. The summed E-state index contributed by atoms with van der Waals surface area (Å²) in [6.07, 6.45) is -1.24. The van der Waals surface area contributed by atoms with E-state index >= 15 is 0 Å². The van der Waals surface area contributed by atoms with Gasteiger partial charge in [-0.3, -0.25) is 0 Å². The first-order valence-corrected chi connectivity index (χ1v) is 4.82. The molecule has 1 rings (SSSR count). The largest absolute Gasteiger partial charge is 0.477 e. The Hall–Kier alpha value is -1.80. The van der Waals surface area contributed by atoms with Crippen molar-refractivity contribution in [3.05, 3.63) is 29.1 Å². The van der Waals surface area contributed by atoms with Crippen molar-refractivity contribution in [1.82, 2.24) is 0 Å². The van der Waals surface area contributed by atoms with Gasteiger partial charge < -0.3 is 20.6 Å². The molecule has 100 valence electrons. The van der Waals surface area contributed by atoms with Crippen LogP contribution in [0.15, 0.2) is 6.07 Å². The highest BCUT2D eigenvalue weighted by Crippen LogP contribution is 2.24. The number of benzene rings is 1. The number of halogens is 3. The fourth-order valence-electron chi connectivity index (χ4n) is 1.21. The summed E-state index contributed by atoms with van der Waals surface area (Å²) < 4.78 is 39.6. The molecule has 0 spiro atoms. The minimum atomic E-state index is -1.95. The summed E-state index contributed by atoms with van der Waals surface area (Å²) in [5.74, 6) is -6.76. The van der Waals surface area contributed by atoms with E-state index in [1.54, 1.807) is 0 Å². The molecule has 1 aromatic rings. The van der Waals surface area contributed by atoms with Gasteiger partial charge in [0.15, 0.2) is 17.5 Å². The summed E-state index contributed by atoms with van der Waals surface area (Å²) in [6.45, 7) is -0.971. The summed E-state index contributed by atoms with van der Waals surface area (Å²) in [6, 6.07) is 0.432. The van der Waals surface area contributed by atoms with Gasteiger partial charge in [0.25, 0.3) is 0 Å². The van der Waals surface area contributed by atoms with Crippen molar-refractivity contribution >= 4 is 11.7 Å². The number of rotatable bonds is 5. The molecule has 1 atom stereocenters. The lowest BCUT2D eigenvalue weighted by Crippen LogP contribution is -2.24. The highest BCUT2D eigenvalue weighted by Gasteiger charge is 2.24. The molecule has 1 unspecified atom stereocenters. The van der Waals surface area contributed by atoms with Crippen LogP contribution >= 0.6 is 0 Å². The maximum atomic E-state index is 13.5. The summed E-state index contributed by atoms with van der Waals surface area (Å²) in [5.41, 5.74) is -2.03. The van der Waals surface area contributed by atoms with Crippen LogP contribution in [-0.4, -0.2) is 40.5 Å². The highest BCUT2D eigenvalue weighted by atomic mass is 19.2. The Kier molecular flexibility index (Phi) is 4.51. The topological polar surface area (TPSA) is 89.8 Å². The zero-order chi connectivity index (χ0) is 13.9. The number of nitrogens with one attached hydrogen (secondary N) is 1. The number of hydrogen-bond donors (Lipinski definition) is 4. The Morgan fingerprint density at radius 1 is 1.33 bits per heavy atom. The molecule has 1 aromatic carbocycles. The zero-order valence-corrected chi connectivity index (χ0v) is 8.95. The van der Waals surface area contributed by atoms with Gasteiger partial charge in [-0.15, -0.1) is 0 Å². The molecule has 0 fully saturated rings. The number of aromatic carboxylic acids is 1. The van der Waals surface area contributed by atoms with Crippen LogP contribution in [0.5, 0.6) is 0 Å². The number of anilines is 1. The molecule has 0 aliphatic heterocycles. The molecule has 0 amide bonds. The van der Waals surface area contributed by atoms with E-state index in [1.165, 1.54) is 0 Å². The normalized spacial score (nSPS) is 12.3. The molecule has 0 saturated carbocycles. The average Bonchev–Trinajstić information content (AvgIpc) is 2.31. The molecular weight excluding hydrogens is 255 g/mol. The van der Waals surface area contributed by atoms with Crippen molar-refractivity contribution in [3.63, 3.8) is 0 Å². The van der Waals surface area contributed by atoms with Gasteiger partial charge >= 0.3 is 5.97 Å². The Morgan fingerprint density at radius 2 is 1.94 bits per heavy atom. The average molecular weight is 265 g/mol. The van der Waals surface area contributed by atoms with Crippen molar-refractivity contribution in [1.29, 1.82) is 0 Å². The van der Waals surface area contributed by atoms with E-state index in [0.29, 0.717) is 6.07 Å². The molecule has 5 nitrogen and oxygen atoms in total. The van der Waals surface area contributed by atoms with Crippen LogP contribution in [0, 0.1) is 17.5 Å². The lowest BCUT2D eigenvalue weighted by molar-refractivity contribution is 0.0685. The van der Waals surface area contributed by atoms with Crippen molar-refractivity contribution in [3.8, 4) is 0 Å². The third kappa shape index (κ3) is 2.90. The molecular formula is C10H10F3NO4. The van der Waals surface area contributed by atoms with Crippen LogP contribution in [-0.2, 0) is 0 Å². The zero-order valence-electron chi connectivity index (χ0n) is 8.95. The first-order valence-electron chi connectivity index (χ1n) is 4.82. The van der Waals surface area contributed by atoms with E-state index in [-0.39, 0.29) is 6.54 Å². The SMILES string of the molecule is O=C(O)c1c(F)c(F)cc(NCC(O)CO)c1F. The van der Waals surface area contributed by atoms with Crippen molar-refractivity contribution in [2.75, 3.05) is 18.5 Å². The second-order valence-electron chi connectivity index (χ2n) is 3.43. The molecule has 0 aliphatic rings. The van der Waals surface area contributed by atoms with E-state index in [9.17, 15) is 18.0 Å². The second kappa shape index (κ2) is 5.69. The van der Waals surface area contributed by atoms with Gasteiger partial charge in [0.1, 0.15) is 5.56 Å². The fourth-order valence-corrected chi connectivity index (χ4v) is 1.21. The van der Waals surface area contributed by atoms with E-state index in [4.69, 9.17) is 15.3 Å². The molecule has 0 bridgehead atoms. The van der Waals surface area contributed by atoms with Crippen LogP contribution < -0.4 is 5.32 Å². The fraction of sp³-hybridized carbons (Fsp3) is 0.300. The maximum absolute atomic E-state index is 13.5. The van der Waals surface area contributed by atoms with Crippen LogP contribution in [0.25, 0.3) is 0 Å². The third-order valence-electron chi connectivity index (χ3n) is 2.11. The molecule has 4 N–H and O–H groups in total. The van der Waals surface area contributed by atoms with E-state index < -0.39 is 47.4 Å². The predicted molar refractivity (Wildman–Crippen MR) is 54.9 cm³/mol. The maximum Gasteiger partial charge on any atom is 0.341 e. The van der Waals surface area contributed by atoms with Gasteiger partial charge in [0.2, 0.25) is 0 Å². The van der Waals surface area contributed by atoms with E-state index in [1.807, 2.05) is 0 Å². The summed E-state index contributed by atoms with van der Waals surface area (Å²) in [7, 11) is 0. The number of hydrogen-bond acceptors (Lipinski definition) is 4. The first kappa shape index (κ1) is 14.3. The minimum Gasteiger partial charge on any atom is -0.477 e.